The molecule has 0 fully saturated rings. The van der Waals surface area contributed by atoms with E-state index in [1.165, 1.54) is 10.4 Å². The van der Waals surface area contributed by atoms with Crippen LogP contribution >= 0.6 is 11.3 Å². The third-order valence-electron chi connectivity index (χ3n) is 3.27. The van der Waals surface area contributed by atoms with E-state index in [2.05, 4.69) is 36.4 Å². The van der Waals surface area contributed by atoms with Gasteiger partial charge in [-0.2, -0.15) is 0 Å². The van der Waals surface area contributed by atoms with Crippen molar-refractivity contribution >= 4 is 11.3 Å². The van der Waals surface area contributed by atoms with Crippen LogP contribution < -0.4 is 5.73 Å². The van der Waals surface area contributed by atoms with Crippen LogP contribution in [-0.4, -0.2) is 18.0 Å². The van der Waals surface area contributed by atoms with Gasteiger partial charge in [-0.1, -0.05) is 6.07 Å². The third-order valence-corrected chi connectivity index (χ3v) is 4.17. The molecular weight excluding hydrogens is 244 g/mol. The average molecular weight is 264 g/mol. The maximum Gasteiger partial charge on any atom is 0.121 e. The Morgan fingerprint density at radius 3 is 2.94 bits per heavy atom. The number of nitrogens with two attached hydrogens (primary N) is 1. The predicted molar refractivity (Wildman–Crippen MR) is 75.6 cm³/mol. The molecule has 18 heavy (non-hydrogen) atoms. The molecule has 0 amide bonds. The largest absolute Gasteiger partial charge is 0.468 e. The number of furan rings is 1. The molecule has 2 aromatic heterocycles. The zero-order valence-corrected chi connectivity index (χ0v) is 11.7. The van der Waals surface area contributed by atoms with Crippen LogP contribution in [0, 0.1) is 0 Å². The fraction of sp³-hybridized carbons (Fsp3) is 0.429. The van der Waals surface area contributed by atoms with Crippen molar-refractivity contribution in [2.45, 2.75) is 32.5 Å². The molecule has 98 valence electrons. The third kappa shape index (κ3) is 3.22. The van der Waals surface area contributed by atoms with Crippen molar-refractivity contribution in [3.63, 3.8) is 0 Å². The van der Waals surface area contributed by atoms with E-state index in [1.54, 1.807) is 6.26 Å². The zero-order chi connectivity index (χ0) is 13.0. The van der Waals surface area contributed by atoms with Crippen LogP contribution in [0.2, 0.25) is 0 Å². The van der Waals surface area contributed by atoms with Gasteiger partial charge in [0.25, 0.3) is 0 Å². The molecule has 1 atom stereocenters. The maximum absolute atomic E-state index is 5.65. The number of likely N-dealkylation sites (N-methyl/N-ethyl adjacent to an activating group) is 1. The summed E-state index contributed by atoms with van der Waals surface area (Å²) in [4.78, 5) is 3.77. The summed E-state index contributed by atoms with van der Waals surface area (Å²) in [6, 6.07) is 6.81. The van der Waals surface area contributed by atoms with Crippen molar-refractivity contribution in [2.75, 3.05) is 7.05 Å². The van der Waals surface area contributed by atoms with Gasteiger partial charge in [-0.15, -0.1) is 11.3 Å². The Labute approximate surface area is 112 Å². The van der Waals surface area contributed by atoms with Crippen molar-refractivity contribution in [1.29, 1.82) is 0 Å². The molecule has 0 aliphatic carbocycles. The Morgan fingerprint density at radius 2 is 2.28 bits per heavy atom. The van der Waals surface area contributed by atoms with Gasteiger partial charge in [-0.3, -0.25) is 4.90 Å². The quantitative estimate of drug-likeness (QED) is 0.872. The summed E-state index contributed by atoms with van der Waals surface area (Å²) in [5.74, 6) is 0.894. The van der Waals surface area contributed by atoms with Gasteiger partial charge in [0, 0.05) is 23.0 Å². The molecule has 0 saturated carbocycles. The van der Waals surface area contributed by atoms with E-state index in [-0.39, 0.29) is 0 Å². The molecule has 0 radical (unpaired) electrons. The number of thiophene rings is 1. The van der Waals surface area contributed by atoms with E-state index >= 15 is 0 Å². The van der Waals surface area contributed by atoms with Crippen LogP contribution in [0.15, 0.2) is 34.3 Å². The Balaban J connectivity index is 1.93. The molecule has 2 heterocycles. The van der Waals surface area contributed by atoms with Crippen molar-refractivity contribution in [3.05, 3.63) is 46.0 Å². The number of rotatable bonds is 6. The lowest BCUT2D eigenvalue weighted by atomic mass is 10.1. The minimum atomic E-state index is 0.468. The zero-order valence-electron chi connectivity index (χ0n) is 10.9. The monoisotopic (exact) mass is 264 g/mol. The summed E-state index contributed by atoms with van der Waals surface area (Å²) < 4.78 is 5.35. The van der Waals surface area contributed by atoms with Gasteiger partial charge in [0.15, 0.2) is 0 Å². The molecule has 0 spiro atoms. The van der Waals surface area contributed by atoms with Gasteiger partial charge in [0.1, 0.15) is 5.76 Å². The molecule has 0 aliphatic heterocycles. The first kappa shape index (κ1) is 13.3. The van der Waals surface area contributed by atoms with Crippen molar-refractivity contribution < 1.29 is 4.42 Å². The molecule has 0 saturated heterocycles. The standard InChI is InChI=1S/C14H20N2OS/c1-11(8-13-4-3-7-18-13)16(2)10-12-5-6-17-14(12)9-15/h3-7,11H,8-10,15H2,1-2H3. The van der Waals surface area contributed by atoms with E-state index in [0.717, 1.165) is 18.7 Å². The van der Waals surface area contributed by atoms with E-state index in [4.69, 9.17) is 10.2 Å². The summed E-state index contributed by atoms with van der Waals surface area (Å²) in [5, 5.41) is 2.13. The summed E-state index contributed by atoms with van der Waals surface area (Å²) in [6.45, 7) is 3.60. The minimum Gasteiger partial charge on any atom is -0.468 e. The van der Waals surface area contributed by atoms with Gasteiger partial charge in [0.2, 0.25) is 0 Å². The molecule has 2 N–H and O–H groups in total. The van der Waals surface area contributed by atoms with Crippen LogP contribution in [0.1, 0.15) is 23.1 Å². The normalized spacial score (nSPS) is 13.1. The highest BCUT2D eigenvalue weighted by Gasteiger charge is 2.13. The first-order valence-corrected chi connectivity index (χ1v) is 7.06. The summed E-state index contributed by atoms with van der Waals surface area (Å²) in [5.41, 5.74) is 6.84. The first-order valence-electron chi connectivity index (χ1n) is 6.18. The number of nitrogens with zero attached hydrogens (tertiary/aromatic N) is 1. The van der Waals surface area contributed by atoms with Crippen molar-refractivity contribution in [1.82, 2.24) is 4.90 Å². The maximum atomic E-state index is 5.65. The SMILES string of the molecule is CC(Cc1cccs1)N(C)Cc1ccoc1CN. The summed E-state index contributed by atoms with van der Waals surface area (Å²) in [7, 11) is 2.14. The lowest BCUT2D eigenvalue weighted by Crippen LogP contribution is -2.30. The smallest absolute Gasteiger partial charge is 0.121 e. The van der Waals surface area contributed by atoms with E-state index < -0.39 is 0 Å². The Morgan fingerprint density at radius 1 is 1.44 bits per heavy atom. The molecule has 0 aliphatic rings. The highest BCUT2D eigenvalue weighted by atomic mass is 32.1. The van der Waals surface area contributed by atoms with E-state index in [9.17, 15) is 0 Å². The van der Waals surface area contributed by atoms with Gasteiger partial charge in [-0.25, -0.2) is 0 Å². The van der Waals surface area contributed by atoms with Crippen LogP contribution in [0.5, 0.6) is 0 Å². The van der Waals surface area contributed by atoms with Crippen LogP contribution in [0.3, 0.4) is 0 Å². The van der Waals surface area contributed by atoms with Crippen LogP contribution in [0.4, 0.5) is 0 Å². The fourth-order valence-corrected chi connectivity index (χ4v) is 2.81. The molecule has 3 nitrogen and oxygen atoms in total. The lowest BCUT2D eigenvalue weighted by molar-refractivity contribution is 0.247. The fourth-order valence-electron chi connectivity index (χ4n) is 1.99. The van der Waals surface area contributed by atoms with Gasteiger partial charge >= 0.3 is 0 Å². The number of hydrogen-bond donors (Lipinski definition) is 1. The molecule has 0 aromatic carbocycles. The minimum absolute atomic E-state index is 0.468. The topological polar surface area (TPSA) is 42.4 Å². The molecule has 2 aromatic rings. The number of hydrogen-bond acceptors (Lipinski definition) is 4. The average Bonchev–Trinajstić information content (AvgIpc) is 2.99. The Kier molecular flexibility index (Phi) is 4.58. The summed E-state index contributed by atoms with van der Waals surface area (Å²) >= 11 is 1.82. The first-order chi connectivity index (χ1) is 8.70. The van der Waals surface area contributed by atoms with Crippen LogP contribution in [-0.2, 0) is 19.5 Å². The second kappa shape index (κ2) is 6.18. The van der Waals surface area contributed by atoms with E-state index in [1.807, 2.05) is 17.4 Å². The van der Waals surface area contributed by atoms with Gasteiger partial charge < -0.3 is 10.2 Å². The second-order valence-corrected chi connectivity index (χ2v) is 5.65. The second-order valence-electron chi connectivity index (χ2n) is 4.62. The van der Waals surface area contributed by atoms with Crippen LogP contribution in [0.25, 0.3) is 0 Å². The molecule has 1 unspecified atom stereocenters. The summed E-state index contributed by atoms with van der Waals surface area (Å²) in [6.07, 6.45) is 2.80. The molecule has 0 bridgehead atoms. The molecule has 2 rings (SSSR count). The Hall–Kier alpha value is -1.10. The van der Waals surface area contributed by atoms with Gasteiger partial charge in [-0.05, 0) is 37.9 Å². The molecule has 4 heteroatoms. The lowest BCUT2D eigenvalue weighted by Gasteiger charge is -2.24. The molecular formula is C14H20N2OS. The van der Waals surface area contributed by atoms with E-state index in [0.29, 0.717) is 12.6 Å². The Bertz CT molecular complexity index is 464. The van der Waals surface area contributed by atoms with Crippen molar-refractivity contribution in [3.8, 4) is 0 Å². The van der Waals surface area contributed by atoms with Gasteiger partial charge in [0.05, 0.1) is 12.8 Å². The highest BCUT2D eigenvalue weighted by molar-refractivity contribution is 7.09. The van der Waals surface area contributed by atoms with Crippen molar-refractivity contribution in [2.24, 2.45) is 5.73 Å². The highest BCUT2D eigenvalue weighted by Crippen LogP contribution is 2.17. The predicted octanol–water partition coefficient (Wildman–Crippen LogP) is 2.86.